The molecule has 166 valence electrons. The summed E-state index contributed by atoms with van der Waals surface area (Å²) >= 11 is 0. The number of hydrogen-bond donors (Lipinski definition) is 0. The van der Waals surface area contributed by atoms with Gasteiger partial charge in [-0.05, 0) is 67.3 Å². The maximum atomic E-state index is 14.2. The first-order chi connectivity index (χ1) is 16.3. The molecule has 1 saturated heterocycles. The third-order valence-corrected chi connectivity index (χ3v) is 6.69. The van der Waals surface area contributed by atoms with Gasteiger partial charge in [0.05, 0.1) is 11.7 Å². The molecule has 0 amide bonds. The van der Waals surface area contributed by atoms with Crippen LogP contribution in [0, 0.1) is 5.82 Å². The number of halogens is 1. The Balaban J connectivity index is 1.44. The van der Waals surface area contributed by atoms with Crippen LogP contribution in [0.2, 0.25) is 0 Å². The lowest BCUT2D eigenvalue weighted by Crippen LogP contribution is -2.30. The molecule has 0 unspecified atom stereocenters. The Morgan fingerprint density at radius 3 is 2.64 bits per heavy atom. The number of aromatic nitrogens is 4. The van der Waals surface area contributed by atoms with Crippen molar-refractivity contribution in [3.05, 3.63) is 77.6 Å². The van der Waals surface area contributed by atoms with Crippen LogP contribution in [0.15, 0.2) is 55.0 Å². The summed E-state index contributed by atoms with van der Waals surface area (Å²) in [6.07, 6.45) is 12.1. The van der Waals surface area contributed by atoms with Crippen molar-refractivity contribution >= 4 is 16.7 Å². The quantitative estimate of drug-likeness (QED) is 0.400. The second-order valence-electron chi connectivity index (χ2n) is 9.12. The van der Waals surface area contributed by atoms with Crippen LogP contribution in [0.25, 0.3) is 22.3 Å². The normalized spacial score (nSPS) is 16.3. The molecule has 6 rings (SSSR count). The highest BCUT2D eigenvalue weighted by Gasteiger charge is 2.29. The van der Waals surface area contributed by atoms with E-state index in [1.54, 1.807) is 18.3 Å². The largest absolute Gasteiger partial charge is 0.356 e. The number of anilines is 1. The van der Waals surface area contributed by atoms with E-state index >= 15 is 0 Å². The number of fused-ring (bicyclic) bond motifs is 1. The van der Waals surface area contributed by atoms with Gasteiger partial charge in [-0.25, -0.2) is 14.4 Å². The Morgan fingerprint density at radius 1 is 0.970 bits per heavy atom. The molecule has 4 heterocycles. The molecule has 0 radical (unpaired) electrons. The maximum absolute atomic E-state index is 14.2. The van der Waals surface area contributed by atoms with Crippen LogP contribution < -0.4 is 4.90 Å². The molecule has 3 aromatic heterocycles. The van der Waals surface area contributed by atoms with Crippen LogP contribution in [0.4, 0.5) is 10.2 Å². The van der Waals surface area contributed by atoms with E-state index in [4.69, 9.17) is 9.97 Å². The first kappa shape index (κ1) is 20.2. The third kappa shape index (κ3) is 4.06. The van der Waals surface area contributed by atoms with Crippen molar-refractivity contribution in [2.45, 2.75) is 44.4 Å². The molecule has 1 aliphatic heterocycles. The predicted molar refractivity (Wildman–Crippen MR) is 128 cm³/mol. The number of rotatable bonds is 5. The minimum atomic E-state index is -0.210. The minimum absolute atomic E-state index is 0.210. The van der Waals surface area contributed by atoms with Crippen LogP contribution in [0.1, 0.15) is 54.8 Å². The Bertz CT molecular complexity index is 1310. The molecule has 1 aromatic carbocycles. The molecule has 2 fully saturated rings. The van der Waals surface area contributed by atoms with Gasteiger partial charge in [0.1, 0.15) is 11.6 Å². The van der Waals surface area contributed by atoms with Gasteiger partial charge < -0.3 is 4.90 Å². The molecular weight excluding hydrogens is 413 g/mol. The molecule has 6 heteroatoms. The zero-order valence-electron chi connectivity index (χ0n) is 18.5. The number of pyridine rings is 2. The minimum Gasteiger partial charge on any atom is -0.356 e. The summed E-state index contributed by atoms with van der Waals surface area (Å²) < 4.78 is 14.2. The van der Waals surface area contributed by atoms with Crippen LogP contribution >= 0.6 is 0 Å². The first-order valence-corrected chi connectivity index (χ1v) is 11.9. The summed E-state index contributed by atoms with van der Waals surface area (Å²) in [5.41, 5.74) is 4.51. The smallest absolute Gasteiger partial charge is 0.162 e. The molecule has 1 saturated carbocycles. The summed E-state index contributed by atoms with van der Waals surface area (Å²) in [5, 5.41) is 1.17. The highest BCUT2D eigenvalue weighted by molar-refractivity contribution is 5.94. The van der Waals surface area contributed by atoms with Gasteiger partial charge in [-0.15, -0.1) is 0 Å². The molecule has 0 N–H and O–H groups in total. The molecule has 4 aromatic rings. The molecule has 5 nitrogen and oxygen atoms in total. The number of benzene rings is 1. The Hall–Kier alpha value is -3.41. The zero-order valence-corrected chi connectivity index (χ0v) is 18.5. The topological polar surface area (TPSA) is 54.8 Å². The zero-order chi connectivity index (χ0) is 22.2. The molecular formula is C27H26FN5. The monoisotopic (exact) mass is 439 g/mol. The van der Waals surface area contributed by atoms with E-state index in [0.717, 1.165) is 35.7 Å². The Kier molecular flexibility index (Phi) is 5.21. The summed E-state index contributed by atoms with van der Waals surface area (Å²) in [4.78, 5) is 21.5. The lowest BCUT2D eigenvalue weighted by atomic mass is 10.0. The van der Waals surface area contributed by atoms with Gasteiger partial charge in [-0.3, -0.25) is 9.97 Å². The molecule has 33 heavy (non-hydrogen) atoms. The predicted octanol–water partition coefficient (Wildman–Crippen LogP) is 5.68. The number of piperidine rings is 1. The summed E-state index contributed by atoms with van der Waals surface area (Å²) in [7, 11) is 0. The summed E-state index contributed by atoms with van der Waals surface area (Å²) in [5.74, 6) is 2.08. The van der Waals surface area contributed by atoms with Crippen molar-refractivity contribution in [3.63, 3.8) is 0 Å². The third-order valence-electron chi connectivity index (χ3n) is 6.69. The Labute approximate surface area is 192 Å². The van der Waals surface area contributed by atoms with Crippen LogP contribution in [-0.2, 0) is 6.42 Å². The molecule has 0 spiro atoms. The molecule has 2 aliphatic rings. The van der Waals surface area contributed by atoms with Crippen molar-refractivity contribution in [2.75, 3.05) is 18.0 Å². The average molecular weight is 440 g/mol. The van der Waals surface area contributed by atoms with Crippen molar-refractivity contribution in [1.29, 1.82) is 0 Å². The van der Waals surface area contributed by atoms with Gasteiger partial charge in [-0.1, -0.05) is 18.2 Å². The fourth-order valence-corrected chi connectivity index (χ4v) is 4.81. The summed E-state index contributed by atoms with van der Waals surface area (Å²) in [6.45, 7) is 2.04. The van der Waals surface area contributed by atoms with Crippen molar-refractivity contribution < 1.29 is 4.39 Å². The van der Waals surface area contributed by atoms with Crippen LogP contribution in [0.5, 0.6) is 0 Å². The van der Waals surface area contributed by atoms with Crippen molar-refractivity contribution in [1.82, 2.24) is 19.9 Å². The second-order valence-corrected chi connectivity index (χ2v) is 9.12. The fourth-order valence-electron chi connectivity index (χ4n) is 4.81. The van der Waals surface area contributed by atoms with Crippen molar-refractivity contribution in [3.8, 4) is 11.4 Å². The van der Waals surface area contributed by atoms with E-state index in [-0.39, 0.29) is 5.82 Å². The van der Waals surface area contributed by atoms with Gasteiger partial charge in [0, 0.05) is 48.5 Å². The van der Waals surface area contributed by atoms with Crippen molar-refractivity contribution in [2.24, 2.45) is 0 Å². The van der Waals surface area contributed by atoms with Crippen LogP contribution in [-0.4, -0.2) is 33.0 Å². The SMILES string of the molecule is Fc1ccccc1Cc1cc(-c2nc(N3CCCCC3)c3c(C4CC4)cncc3n2)ccn1. The molecule has 1 aliphatic carbocycles. The van der Waals surface area contributed by atoms with Gasteiger partial charge in [-0.2, -0.15) is 0 Å². The van der Waals surface area contributed by atoms with E-state index < -0.39 is 0 Å². The summed E-state index contributed by atoms with van der Waals surface area (Å²) in [6, 6.07) is 10.8. The maximum Gasteiger partial charge on any atom is 0.162 e. The fraction of sp³-hybridized carbons (Fsp3) is 0.333. The van der Waals surface area contributed by atoms with E-state index in [9.17, 15) is 4.39 Å². The van der Waals surface area contributed by atoms with Crippen LogP contribution in [0.3, 0.4) is 0 Å². The van der Waals surface area contributed by atoms with E-state index in [1.807, 2.05) is 30.6 Å². The standard InChI is InChI=1S/C27H26FN5/c28-23-7-3-2-6-19(23)14-21-15-20(10-11-30-21)26-31-24-17-29-16-22(18-8-9-18)25(24)27(32-26)33-12-4-1-5-13-33/h2-3,6-7,10-11,15-18H,1,4-5,8-9,12-14H2. The van der Waals surface area contributed by atoms with E-state index in [1.165, 1.54) is 49.1 Å². The molecule has 0 bridgehead atoms. The van der Waals surface area contributed by atoms with Gasteiger partial charge in [0.25, 0.3) is 0 Å². The number of nitrogens with zero attached hydrogens (tertiary/aromatic N) is 5. The highest BCUT2D eigenvalue weighted by Crippen LogP contribution is 2.45. The second kappa shape index (κ2) is 8.50. The molecule has 0 atom stereocenters. The van der Waals surface area contributed by atoms with E-state index in [0.29, 0.717) is 23.7 Å². The average Bonchev–Trinajstić information content (AvgIpc) is 3.71. The first-order valence-electron chi connectivity index (χ1n) is 11.9. The van der Waals surface area contributed by atoms with Gasteiger partial charge >= 0.3 is 0 Å². The highest BCUT2D eigenvalue weighted by atomic mass is 19.1. The number of hydrogen-bond acceptors (Lipinski definition) is 5. The van der Waals surface area contributed by atoms with Gasteiger partial charge in [0.2, 0.25) is 0 Å². The Morgan fingerprint density at radius 2 is 1.82 bits per heavy atom. The van der Waals surface area contributed by atoms with E-state index in [2.05, 4.69) is 14.9 Å². The lowest BCUT2D eigenvalue weighted by Gasteiger charge is -2.29. The van der Waals surface area contributed by atoms with Gasteiger partial charge in [0.15, 0.2) is 5.82 Å². The lowest BCUT2D eigenvalue weighted by molar-refractivity contribution is 0.574.